The molecule has 3 rings (SSSR count). The summed E-state index contributed by atoms with van der Waals surface area (Å²) >= 11 is 5.81. The first-order chi connectivity index (χ1) is 10.1. The van der Waals surface area contributed by atoms with Gasteiger partial charge in [0.25, 0.3) is 0 Å². The van der Waals surface area contributed by atoms with Crippen LogP contribution in [0.2, 0.25) is 5.02 Å². The van der Waals surface area contributed by atoms with Crippen LogP contribution in [-0.2, 0) is 16.1 Å². The van der Waals surface area contributed by atoms with E-state index in [0.717, 1.165) is 12.0 Å². The molecule has 0 unspecified atom stereocenters. The highest BCUT2D eigenvalue weighted by Crippen LogP contribution is 2.48. The van der Waals surface area contributed by atoms with Crippen molar-refractivity contribution in [3.63, 3.8) is 0 Å². The monoisotopic (exact) mass is 305 g/mol. The summed E-state index contributed by atoms with van der Waals surface area (Å²) in [7, 11) is 0. The molecule has 1 fully saturated rings. The largest absolute Gasteiger partial charge is 0.481 e. The molecule has 0 radical (unpaired) electrons. The van der Waals surface area contributed by atoms with E-state index >= 15 is 0 Å². The molecule has 0 saturated heterocycles. The van der Waals surface area contributed by atoms with Gasteiger partial charge in [-0.1, -0.05) is 35.9 Å². The Kier molecular flexibility index (Phi) is 3.72. The van der Waals surface area contributed by atoms with Gasteiger partial charge >= 0.3 is 5.97 Å². The maximum absolute atomic E-state index is 12.4. The zero-order valence-corrected chi connectivity index (χ0v) is 12.1. The molecule has 21 heavy (non-hydrogen) atoms. The number of hydrogen-bond acceptors (Lipinski definition) is 2. The van der Waals surface area contributed by atoms with Crippen LogP contribution < -0.4 is 5.32 Å². The van der Waals surface area contributed by atoms with Crippen LogP contribution in [0.25, 0.3) is 0 Å². The molecule has 110 valence electrons. The Morgan fingerprint density at radius 2 is 1.76 bits per heavy atom. The minimum Gasteiger partial charge on any atom is -0.481 e. The Balaban J connectivity index is 1.66. The summed E-state index contributed by atoms with van der Waals surface area (Å²) in [5.74, 6) is -2.04. The minimum atomic E-state index is -0.876. The normalized spacial score (nSPS) is 29.6. The van der Waals surface area contributed by atoms with Gasteiger partial charge in [0, 0.05) is 11.6 Å². The molecule has 1 aromatic rings. The zero-order valence-electron chi connectivity index (χ0n) is 11.3. The quantitative estimate of drug-likeness (QED) is 0.840. The van der Waals surface area contributed by atoms with Crippen LogP contribution in [0, 0.1) is 23.7 Å². The SMILES string of the molecule is O=C(O)[C@@H]1[C@@H](C(=O)NCc2ccc(Cl)cc2)[C@H]2C=C[C@H]1C2. The smallest absolute Gasteiger partial charge is 0.307 e. The van der Waals surface area contributed by atoms with Gasteiger partial charge in [0.1, 0.15) is 0 Å². The van der Waals surface area contributed by atoms with E-state index in [2.05, 4.69) is 5.32 Å². The van der Waals surface area contributed by atoms with E-state index in [4.69, 9.17) is 11.6 Å². The summed E-state index contributed by atoms with van der Waals surface area (Å²) in [5.41, 5.74) is 0.943. The van der Waals surface area contributed by atoms with Crippen molar-refractivity contribution in [2.45, 2.75) is 13.0 Å². The van der Waals surface area contributed by atoms with Crippen LogP contribution in [0.4, 0.5) is 0 Å². The second-order valence-electron chi connectivity index (χ2n) is 5.68. The molecule has 2 aliphatic carbocycles. The summed E-state index contributed by atoms with van der Waals surface area (Å²) in [6.07, 6.45) is 4.69. The highest BCUT2D eigenvalue weighted by Gasteiger charge is 2.51. The molecule has 4 nitrogen and oxygen atoms in total. The van der Waals surface area contributed by atoms with E-state index < -0.39 is 17.8 Å². The predicted octanol–water partition coefficient (Wildman–Crippen LogP) is 2.48. The number of hydrogen-bond donors (Lipinski definition) is 2. The van der Waals surface area contributed by atoms with Crippen LogP contribution in [0.3, 0.4) is 0 Å². The summed E-state index contributed by atoms with van der Waals surface area (Å²) in [6, 6.07) is 7.22. The summed E-state index contributed by atoms with van der Waals surface area (Å²) in [4.78, 5) is 23.7. The Hall–Kier alpha value is -1.81. The summed E-state index contributed by atoms with van der Waals surface area (Å²) in [6.45, 7) is 0.389. The molecule has 1 amide bonds. The van der Waals surface area contributed by atoms with Gasteiger partial charge in [-0.25, -0.2) is 0 Å². The first-order valence-electron chi connectivity index (χ1n) is 6.99. The van der Waals surface area contributed by atoms with Gasteiger partial charge in [-0.3, -0.25) is 9.59 Å². The molecule has 4 atom stereocenters. The Labute approximate surface area is 127 Å². The molecule has 2 aliphatic rings. The topological polar surface area (TPSA) is 66.4 Å². The van der Waals surface area contributed by atoms with Crippen LogP contribution in [0.5, 0.6) is 0 Å². The van der Waals surface area contributed by atoms with E-state index in [-0.39, 0.29) is 17.7 Å². The lowest BCUT2D eigenvalue weighted by Crippen LogP contribution is -2.39. The van der Waals surface area contributed by atoms with E-state index in [1.165, 1.54) is 0 Å². The fourth-order valence-electron chi connectivity index (χ4n) is 3.43. The third-order valence-electron chi connectivity index (χ3n) is 4.43. The number of halogens is 1. The van der Waals surface area contributed by atoms with Crippen LogP contribution >= 0.6 is 11.6 Å². The molecule has 2 bridgehead atoms. The lowest BCUT2D eigenvalue weighted by Gasteiger charge is -2.23. The number of allylic oxidation sites excluding steroid dienone is 2. The Bertz CT molecular complexity index is 596. The highest BCUT2D eigenvalue weighted by atomic mass is 35.5. The van der Waals surface area contributed by atoms with Crippen LogP contribution in [0.1, 0.15) is 12.0 Å². The van der Waals surface area contributed by atoms with Gasteiger partial charge in [0.15, 0.2) is 0 Å². The minimum absolute atomic E-state index is 0.00113. The maximum Gasteiger partial charge on any atom is 0.307 e. The van der Waals surface area contributed by atoms with E-state index in [1.807, 2.05) is 24.3 Å². The lowest BCUT2D eigenvalue weighted by atomic mass is 9.82. The lowest BCUT2D eigenvalue weighted by molar-refractivity contribution is -0.147. The van der Waals surface area contributed by atoms with Crippen molar-refractivity contribution in [3.8, 4) is 0 Å². The maximum atomic E-state index is 12.4. The van der Waals surface area contributed by atoms with E-state index in [1.54, 1.807) is 12.1 Å². The molecule has 2 N–H and O–H groups in total. The third-order valence-corrected chi connectivity index (χ3v) is 4.68. The predicted molar refractivity (Wildman–Crippen MR) is 78.7 cm³/mol. The fourth-order valence-corrected chi connectivity index (χ4v) is 3.55. The molecular weight excluding hydrogens is 290 g/mol. The first kappa shape index (κ1) is 14.1. The Morgan fingerprint density at radius 3 is 2.38 bits per heavy atom. The summed E-state index contributed by atoms with van der Waals surface area (Å²) < 4.78 is 0. The van der Waals surface area contributed by atoms with Crippen LogP contribution in [0.15, 0.2) is 36.4 Å². The van der Waals surface area contributed by atoms with E-state index in [0.29, 0.717) is 11.6 Å². The number of rotatable bonds is 4. The van der Waals surface area contributed by atoms with Crippen molar-refractivity contribution in [3.05, 3.63) is 47.0 Å². The van der Waals surface area contributed by atoms with Crippen molar-refractivity contribution in [1.82, 2.24) is 5.32 Å². The molecule has 5 heteroatoms. The average Bonchev–Trinajstić information content (AvgIpc) is 3.06. The second kappa shape index (κ2) is 5.53. The van der Waals surface area contributed by atoms with Gasteiger partial charge in [-0.15, -0.1) is 0 Å². The van der Waals surface area contributed by atoms with Gasteiger partial charge in [-0.05, 0) is 36.0 Å². The number of fused-ring (bicyclic) bond motifs is 2. The fraction of sp³-hybridized carbons (Fsp3) is 0.375. The number of carbonyl (C=O) groups is 2. The molecular formula is C16H16ClNO3. The highest BCUT2D eigenvalue weighted by molar-refractivity contribution is 6.30. The van der Waals surface area contributed by atoms with Crippen molar-refractivity contribution >= 4 is 23.5 Å². The molecule has 1 saturated carbocycles. The van der Waals surface area contributed by atoms with Crippen molar-refractivity contribution in [1.29, 1.82) is 0 Å². The Morgan fingerprint density at radius 1 is 1.14 bits per heavy atom. The first-order valence-corrected chi connectivity index (χ1v) is 7.37. The van der Waals surface area contributed by atoms with E-state index in [9.17, 15) is 14.7 Å². The second-order valence-corrected chi connectivity index (χ2v) is 6.12. The number of benzene rings is 1. The molecule has 0 spiro atoms. The van der Waals surface area contributed by atoms with Crippen molar-refractivity contribution in [2.75, 3.05) is 0 Å². The molecule has 0 aliphatic heterocycles. The van der Waals surface area contributed by atoms with Crippen molar-refractivity contribution in [2.24, 2.45) is 23.7 Å². The van der Waals surface area contributed by atoms with Crippen LogP contribution in [-0.4, -0.2) is 17.0 Å². The summed E-state index contributed by atoms with van der Waals surface area (Å²) in [5, 5.41) is 12.8. The molecule has 0 heterocycles. The third kappa shape index (κ3) is 2.68. The number of carboxylic acid groups (broad SMARTS) is 1. The number of aliphatic carboxylic acids is 1. The van der Waals surface area contributed by atoms with Gasteiger partial charge in [0.2, 0.25) is 5.91 Å². The number of nitrogens with one attached hydrogen (secondary N) is 1. The number of amides is 1. The van der Waals surface area contributed by atoms with Gasteiger partial charge < -0.3 is 10.4 Å². The molecule has 1 aromatic carbocycles. The van der Waals surface area contributed by atoms with Gasteiger partial charge in [-0.2, -0.15) is 0 Å². The average molecular weight is 306 g/mol. The number of carboxylic acids is 1. The standard InChI is InChI=1S/C16H16ClNO3/c17-12-5-1-9(2-6-12)8-18-15(19)13-10-3-4-11(7-10)14(13)16(20)21/h1-6,10-11,13-14H,7-8H2,(H,18,19)(H,20,21)/t10-,11-,13-,14-/m0/s1. The number of carbonyl (C=O) groups excluding carboxylic acids is 1. The van der Waals surface area contributed by atoms with Gasteiger partial charge in [0.05, 0.1) is 11.8 Å². The van der Waals surface area contributed by atoms with Crippen molar-refractivity contribution < 1.29 is 14.7 Å². The molecule has 0 aromatic heterocycles. The zero-order chi connectivity index (χ0) is 15.0.